The van der Waals surface area contributed by atoms with Gasteiger partial charge < -0.3 is 16.2 Å². The zero-order chi connectivity index (χ0) is 16.0. The van der Waals surface area contributed by atoms with Crippen molar-refractivity contribution in [2.24, 2.45) is 5.73 Å². The van der Waals surface area contributed by atoms with E-state index in [1.807, 2.05) is 0 Å². The molecule has 2 amide bonds. The normalized spacial score (nSPS) is 11.1. The van der Waals surface area contributed by atoms with Crippen molar-refractivity contribution < 1.29 is 23.1 Å². The Morgan fingerprint density at radius 2 is 1.95 bits per heavy atom. The molecular weight excluding hydrogens is 300 g/mol. The smallest absolute Gasteiger partial charge is 0.316 e. The van der Waals surface area contributed by atoms with Crippen molar-refractivity contribution in [3.05, 3.63) is 24.3 Å². The summed E-state index contributed by atoms with van der Waals surface area (Å²) in [6.45, 7) is -0.163. The van der Waals surface area contributed by atoms with Crippen LogP contribution in [0.2, 0.25) is 0 Å². The topological polar surface area (TPSA) is 142 Å². The fourth-order valence-corrected chi connectivity index (χ4v) is 2.32. The van der Waals surface area contributed by atoms with Gasteiger partial charge in [0.1, 0.15) is 0 Å². The number of anilines is 2. The second-order valence-corrected chi connectivity index (χ2v) is 5.92. The minimum Gasteiger partial charge on any atom is -0.481 e. The summed E-state index contributed by atoms with van der Waals surface area (Å²) in [6.07, 6.45) is -0.305. The Morgan fingerprint density at radius 1 is 1.33 bits per heavy atom. The third-order valence-corrected chi connectivity index (χ3v) is 3.92. The number of carboxylic acid groups (broad SMARTS) is 1. The maximum atomic E-state index is 12.0. The molecule has 0 spiro atoms. The molecule has 0 fully saturated rings. The molecule has 1 aromatic rings. The molecule has 0 unspecified atom stereocenters. The molecule has 0 aromatic heterocycles. The highest BCUT2D eigenvalue weighted by atomic mass is 32.2. The lowest BCUT2D eigenvalue weighted by molar-refractivity contribution is -0.137. The van der Waals surface area contributed by atoms with E-state index in [1.54, 1.807) is 0 Å². The van der Waals surface area contributed by atoms with E-state index in [2.05, 4.69) is 10.0 Å². The Balaban J connectivity index is 2.79. The zero-order valence-corrected chi connectivity index (χ0v) is 12.1. The van der Waals surface area contributed by atoms with Crippen LogP contribution in [-0.4, -0.2) is 43.4 Å². The Hall–Kier alpha value is -2.33. The molecule has 0 aliphatic rings. The third-order valence-electron chi connectivity index (χ3n) is 2.43. The predicted molar refractivity (Wildman–Crippen MR) is 77.1 cm³/mol. The molecule has 116 valence electrons. The van der Waals surface area contributed by atoms with Crippen LogP contribution in [0, 0.1) is 0 Å². The maximum Gasteiger partial charge on any atom is 0.316 e. The van der Waals surface area contributed by atoms with Crippen LogP contribution in [0.4, 0.5) is 16.2 Å². The number of carboxylic acids is 1. The number of hydrogen-bond acceptors (Lipinski definition) is 4. The summed E-state index contributed by atoms with van der Waals surface area (Å²) in [5.41, 5.74) is 5.51. The molecule has 0 radical (unpaired) electrons. The summed E-state index contributed by atoms with van der Waals surface area (Å²) in [7, 11) is -2.62. The van der Waals surface area contributed by atoms with Crippen molar-refractivity contribution in [2.75, 3.05) is 23.6 Å². The van der Waals surface area contributed by atoms with Crippen LogP contribution < -0.4 is 15.8 Å². The van der Waals surface area contributed by atoms with Crippen molar-refractivity contribution in [3.63, 3.8) is 0 Å². The summed E-state index contributed by atoms with van der Waals surface area (Å²) < 4.78 is 27.1. The van der Waals surface area contributed by atoms with Crippen LogP contribution in [0.1, 0.15) is 6.42 Å². The molecule has 0 saturated carbocycles. The number of urea groups is 1. The van der Waals surface area contributed by atoms with Crippen molar-refractivity contribution in [2.45, 2.75) is 6.42 Å². The predicted octanol–water partition coefficient (Wildman–Crippen LogP) is 0.240. The minimum absolute atomic E-state index is 0.163. The largest absolute Gasteiger partial charge is 0.481 e. The van der Waals surface area contributed by atoms with Crippen LogP contribution in [0.15, 0.2) is 24.3 Å². The van der Waals surface area contributed by atoms with Gasteiger partial charge in [-0.25, -0.2) is 4.79 Å². The highest BCUT2D eigenvalue weighted by Crippen LogP contribution is 2.17. The summed E-state index contributed by atoms with van der Waals surface area (Å²) in [4.78, 5) is 21.2. The fourth-order valence-electron chi connectivity index (χ4n) is 1.40. The van der Waals surface area contributed by atoms with E-state index in [0.29, 0.717) is 5.69 Å². The standard InChI is InChI=1S/C11H16N4O5S/c1-15(6-5-10(16)17)21(19,20)14-9-4-2-3-8(7-9)13-11(12)18/h2-4,7,14H,5-6H2,1H3,(H,16,17)(H3,12,13,18). The van der Waals surface area contributed by atoms with E-state index < -0.39 is 22.2 Å². The Labute approximate surface area is 121 Å². The SMILES string of the molecule is CN(CCC(=O)O)S(=O)(=O)Nc1cccc(NC(N)=O)c1. The first kappa shape index (κ1) is 16.7. The van der Waals surface area contributed by atoms with Gasteiger partial charge >= 0.3 is 22.2 Å². The zero-order valence-electron chi connectivity index (χ0n) is 11.2. The molecule has 0 bridgehead atoms. The molecule has 0 saturated heterocycles. The van der Waals surface area contributed by atoms with Crippen molar-refractivity contribution in [3.8, 4) is 0 Å². The van der Waals surface area contributed by atoms with E-state index in [-0.39, 0.29) is 18.7 Å². The molecule has 1 aromatic carbocycles. The first-order chi connectivity index (χ1) is 9.70. The van der Waals surface area contributed by atoms with E-state index in [4.69, 9.17) is 10.8 Å². The van der Waals surface area contributed by atoms with Crippen LogP contribution in [0.3, 0.4) is 0 Å². The number of amides is 2. The molecule has 5 N–H and O–H groups in total. The molecule has 10 heteroatoms. The Bertz CT molecular complexity index is 631. The van der Waals surface area contributed by atoms with E-state index in [0.717, 1.165) is 4.31 Å². The first-order valence-electron chi connectivity index (χ1n) is 5.83. The number of carbonyl (C=O) groups is 2. The molecule has 0 atom stereocenters. The minimum atomic E-state index is -3.88. The van der Waals surface area contributed by atoms with E-state index >= 15 is 0 Å². The Morgan fingerprint density at radius 3 is 2.52 bits per heavy atom. The number of nitrogens with two attached hydrogens (primary N) is 1. The third kappa shape index (κ3) is 5.67. The van der Waals surface area contributed by atoms with Gasteiger partial charge in [0, 0.05) is 19.3 Å². The summed E-state index contributed by atoms with van der Waals surface area (Å²) in [6, 6.07) is 5.16. The number of carbonyl (C=O) groups excluding carboxylic acids is 1. The maximum absolute atomic E-state index is 12.0. The molecule has 0 heterocycles. The average Bonchev–Trinajstić information content (AvgIpc) is 2.34. The highest BCUT2D eigenvalue weighted by Gasteiger charge is 2.18. The highest BCUT2D eigenvalue weighted by molar-refractivity contribution is 7.90. The van der Waals surface area contributed by atoms with Gasteiger partial charge in [0.2, 0.25) is 0 Å². The van der Waals surface area contributed by atoms with Gasteiger partial charge in [-0.05, 0) is 18.2 Å². The Kier molecular flexibility index (Phi) is 5.50. The van der Waals surface area contributed by atoms with Crippen molar-refractivity contribution >= 4 is 33.6 Å². The van der Waals surface area contributed by atoms with E-state index in [1.165, 1.54) is 31.3 Å². The van der Waals surface area contributed by atoms with Gasteiger partial charge in [-0.3, -0.25) is 9.52 Å². The van der Waals surface area contributed by atoms with Gasteiger partial charge in [0.25, 0.3) is 0 Å². The second kappa shape index (κ2) is 6.90. The number of nitrogens with one attached hydrogen (secondary N) is 2. The lowest BCUT2D eigenvalue weighted by atomic mass is 10.3. The van der Waals surface area contributed by atoms with E-state index in [9.17, 15) is 18.0 Å². The lowest BCUT2D eigenvalue weighted by Crippen LogP contribution is -2.34. The molecular formula is C11H16N4O5S. The molecule has 0 aliphatic heterocycles. The summed E-state index contributed by atoms with van der Waals surface area (Å²) in [5, 5.41) is 10.9. The molecule has 21 heavy (non-hydrogen) atoms. The van der Waals surface area contributed by atoms with Gasteiger partial charge in [-0.15, -0.1) is 0 Å². The quantitative estimate of drug-likeness (QED) is 0.570. The first-order valence-corrected chi connectivity index (χ1v) is 7.27. The van der Waals surface area contributed by atoms with Crippen LogP contribution >= 0.6 is 0 Å². The van der Waals surface area contributed by atoms with Gasteiger partial charge in [0.05, 0.1) is 12.1 Å². The number of primary amides is 1. The fraction of sp³-hybridized carbons (Fsp3) is 0.273. The van der Waals surface area contributed by atoms with Gasteiger partial charge in [-0.2, -0.15) is 12.7 Å². The second-order valence-electron chi connectivity index (χ2n) is 4.14. The van der Waals surface area contributed by atoms with Crippen LogP contribution in [0.25, 0.3) is 0 Å². The van der Waals surface area contributed by atoms with Crippen LogP contribution in [-0.2, 0) is 15.0 Å². The molecule has 1 rings (SSSR count). The number of aliphatic carboxylic acids is 1. The average molecular weight is 316 g/mol. The summed E-state index contributed by atoms with van der Waals surface area (Å²) >= 11 is 0. The van der Waals surface area contributed by atoms with Crippen LogP contribution in [0.5, 0.6) is 0 Å². The number of rotatable bonds is 7. The number of benzene rings is 1. The molecule has 0 aliphatic carbocycles. The summed E-state index contributed by atoms with van der Waals surface area (Å²) in [5.74, 6) is -1.09. The van der Waals surface area contributed by atoms with Gasteiger partial charge in [0.15, 0.2) is 0 Å². The van der Waals surface area contributed by atoms with Crippen molar-refractivity contribution in [1.29, 1.82) is 0 Å². The lowest BCUT2D eigenvalue weighted by Gasteiger charge is -2.17. The van der Waals surface area contributed by atoms with Gasteiger partial charge in [-0.1, -0.05) is 6.07 Å². The van der Waals surface area contributed by atoms with Crippen molar-refractivity contribution in [1.82, 2.24) is 4.31 Å². The number of nitrogens with zero attached hydrogens (tertiary/aromatic N) is 1. The monoisotopic (exact) mass is 316 g/mol. The number of hydrogen-bond donors (Lipinski definition) is 4. The molecule has 9 nitrogen and oxygen atoms in total.